The van der Waals surface area contributed by atoms with Gasteiger partial charge in [-0.1, -0.05) is 32.0 Å². The van der Waals surface area contributed by atoms with Gasteiger partial charge in [-0.15, -0.1) is 0 Å². The van der Waals surface area contributed by atoms with Gasteiger partial charge in [-0.3, -0.25) is 19.5 Å². The monoisotopic (exact) mass is 427 g/mol. The summed E-state index contributed by atoms with van der Waals surface area (Å²) in [6.07, 6.45) is 3.48. The lowest BCUT2D eigenvalue weighted by molar-refractivity contribution is -0.139. The zero-order valence-corrected chi connectivity index (χ0v) is 18.1. The van der Waals surface area contributed by atoms with Crippen LogP contribution in [0.5, 0.6) is 0 Å². The Balaban J connectivity index is 1.63. The summed E-state index contributed by atoms with van der Waals surface area (Å²) in [5.41, 5.74) is 1.57. The van der Waals surface area contributed by atoms with Crippen LogP contribution in [0.25, 0.3) is 0 Å². The van der Waals surface area contributed by atoms with E-state index in [0.717, 1.165) is 5.56 Å². The summed E-state index contributed by atoms with van der Waals surface area (Å²) >= 11 is 0. The Bertz CT molecular complexity index is 869. The maximum absolute atomic E-state index is 14.1. The second kappa shape index (κ2) is 10.9. The molecule has 1 saturated heterocycles. The van der Waals surface area contributed by atoms with Gasteiger partial charge >= 0.3 is 11.8 Å². The maximum atomic E-state index is 14.1. The van der Waals surface area contributed by atoms with Crippen molar-refractivity contribution >= 4 is 17.5 Å². The van der Waals surface area contributed by atoms with Crippen molar-refractivity contribution in [3.63, 3.8) is 0 Å². The van der Waals surface area contributed by atoms with Gasteiger partial charge in [0.05, 0.1) is 11.7 Å². The van der Waals surface area contributed by atoms with Crippen molar-refractivity contribution in [2.45, 2.75) is 19.9 Å². The number of para-hydroxylation sites is 1. The first-order valence-corrected chi connectivity index (χ1v) is 10.6. The smallest absolute Gasteiger partial charge is 0.309 e. The van der Waals surface area contributed by atoms with Crippen molar-refractivity contribution < 1.29 is 14.0 Å². The zero-order valence-electron chi connectivity index (χ0n) is 18.1. The lowest BCUT2D eigenvalue weighted by Crippen LogP contribution is -2.51. The van der Waals surface area contributed by atoms with E-state index in [4.69, 9.17) is 0 Å². The fourth-order valence-corrected chi connectivity index (χ4v) is 3.66. The molecule has 7 nitrogen and oxygen atoms in total. The number of hydrogen-bond acceptors (Lipinski definition) is 5. The topological polar surface area (TPSA) is 77.6 Å². The standard InChI is InChI=1S/C23H30FN5O2/c1-17(2)14-26-22(30)23(31)27-16-21(18-6-5-9-25-15-18)29-12-10-28(11-13-29)20-8-4-3-7-19(20)24/h3-9,15,17,21H,10-14,16H2,1-2H3,(H,26,30)(H,27,31)/t21-/m1/s1. The van der Waals surface area contributed by atoms with Gasteiger partial charge in [-0.25, -0.2) is 4.39 Å². The highest BCUT2D eigenvalue weighted by atomic mass is 19.1. The van der Waals surface area contributed by atoms with E-state index < -0.39 is 11.8 Å². The molecule has 1 aliphatic heterocycles. The van der Waals surface area contributed by atoms with E-state index in [2.05, 4.69) is 20.5 Å². The summed E-state index contributed by atoms with van der Waals surface area (Å²) in [6, 6.07) is 10.5. The molecule has 8 heteroatoms. The van der Waals surface area contributed by atoms with Crippen LogP contribution in [0.15, 0.2) is 48.8 Å². The Morgan fingerprint density at radius 1 is 1.00 bits per heavy atom. The third kappa shape index (κ3) is 6.24. The highest BCUT2D eigenvalue weighted by Crippen LogP contribution is 2.25. The number of carbonyl (C=O) groups excluding carboxylic acids is 2. The first-order chi connectivity index (χ1) is 15.0. The molecular weight excluding hydrogens is 397 g/mol. The van der Waals surface area contributed by atoms with Crippen LogP contribution >= 0.6 is 0 Å². The Kier molecular flexibility index (Phi) is 7.94. The molecule has 1 fully saturated rings. The van der Waals surface area contributed by atoms with Crippen molar-refractivity contribution in [2.75, 3.05) is 44.2 Å². The van der Waals surface area contributed by atoms with Crippen LogP contribution in [-0.4, -0.2) is 61.0 Å². The minimum absolute atomic E-state index is 0.127. The summed E-state index contributed by atoms with van der Waals surface area (Å²) in [4.78, 5) is 32.7. The van der Waals surface area contributed by atoms with Crippen LogP contribution in [-0.2, 0) is 9.59 Å². The second-order valence-electron chi connectivity index (χ2n) is 8.09. The number of benzene rings is 1. The number of pyridine rings is 1. The molecule has 2 heterocycles. The molecule has 3 rings (SSSR count). The van der Waals surface area contributed by atoms with Crippen LogP contribution in [0.2, 0.25) is 0 Å². The van der Waals surface area contributed by atoms with Crippen molar-refractivity contribution in [1.29, 1.82) is 0 Å². The summed E-state index contributed by atoms with van der Waals surface area (Å²) in [5, 5.41) is 5.40. The number of nitrogens with one attached hydrogen (secondary N) is 2. The van der Waals surface area contributed by atoms with Gasteiger partial charge in [0.2, 0.25) is 0 Å². The first kappa shape index (κ1) is 22.7. The molecule has 0 radical (unpaired) electrons. The van der Waals surface area contributed by atoms with Crippen molar-refractivity contribution in [3.8, 4) is 0 Å². The predicted octanol–water partition coefficient (Wildman–Crippen LogP) is 1.97. The molecule has 1 aliphatic rings. The molecule has 2 amide bonds. The van der Waals surface area contributed by atoms with Gasteiger partial charge in [0.25, 0.3) is 0 Å². The molecule has 0 bridgehead atoms. The lowest BCUT2D eigenvalue weighted by Gasteiger charge is -2.40. The van der Waals surface area contributed by atoms with Crippen LogP contribution in [0.4, 0.5) is 10.1 Å². The Morgan fingerprint density at radius 3 is 2.29 bits per heavy atom. The largest absolute Gasteiger partial charge is 0.367 e. The highest BCUT2D eigenvalue weighted by Gasteiger charge is 2.27. The molecule has 2 aromatic rings. The number of amides is 2. The van der Waals surface area contributed by atoms with E-state index in [9.17, 15) is 14.0 Å². The zero-order chi connectivity index (χ0) is 22.2. The molecule has 31 heavy (non-hydrogen) atoms. The van der Waals surface area contributed by atoms with Gasteiger partial charge < -0.3 is 15.5 Å². The van der Waals surface area contributed by atoms with Crippen molar-refractivity contribution in [2.24, 2.45) is 5.92 Å². The maximum Gasteiger partial charge on any atom is 0.309 e. The molecule has 2 N–H and O–H groups in total. The summed E-state index contributed by atoms with van der Waals surface area (Å²) < 4.78 is 14.1. The van der Waals surface area contributed by atoms with Crippen LogP contribution < -0.4 is 15.5 Å². The van der Waals surface area contributed by atoms with E-state index in [1.54, 1.807) is 24.5 Å². The van der Waals surface area contributed by atoms with Crippen molar-refractivity contribution in [3.05, 3.63) is 60.2 Å². The van der Waals surface area contributed by atoms with E-state index in [1.807, 2.05) is 36.9 Å². The molecule has 0 unspecified atom stereocenters. The van der Waals surface area contributed by atoms with Crippen LogP contribution in [0.3, 0.4) is 0 Å². The van der Waals surface area contributed by atoms with Gasteiger partial charge in [0.15, 0.2) is 0 Å². The Labute approximate surface area is 182 Å². The number of aromatic nitrogens is 1. The fourth-order valence-electron chi connectivity index (χ4n) is 3.66. The van der Waals surface area contributed by atoms with E-state index in [0.29, 0.717) is 45.0 Å². The number of hydrogen-bond donors (Lipinski definition) is 2. The molecule has 0 aliphatic carbocycles. The van der Waals surface area contributed by atoms with Gasteiger partial charge in [-0.05, 0) is 29.7 Å². The summed E-state index contributed by atoms with van der Waals surface area (Å²) in [6.45, 7) is 7.42. The third-order valence-electron chi connectivity index (χ3n) is 5.35. The van der Waals surface area contributed by atoms with Gasteiger partial charge in [-0.2, -0.15) is 0 Å². The second-order valence-corrected chi connectivity index (χ2v) is 8.09. The Morgan fingerprint density at radius 2 is 1.68 bits per heavy atom. The quantitative estimate of drug-likeness (QED) is 0.661. The summed E-state index contributed by atoms with van der Waals surface area (Å²) in [5.74, 6) is -1.22. The number of piperazine rings is 1. The lowest BCUT2D eigenvalue weighted by atomic mass is 10.1. The molecule has 0 saturated carbocycles. The minimum atomic E-state index is -0.639. The molecule has 1 aromatic heterocycles. The molecule has 1 aromatic carbocycles. The summed E-state index contributed by atoms with van der Waals surface area (Å²) in [7, 11) is 0. The number of anilines is 1. The average molecular weight is 428 g/mol. The van der Waals surface area contributed by atoms with Gasteiger partial charge in [0, 0.05) is 51.7 Å². The average Bonchev–Trinajstić information content (AvgIpc) is 2.79. The number of halogens is 1. The minimum Gasteiger partial charge on any atom is -0.367 e. The van der Waals surface area contributed by atoms with Crippen molar-refractivity contribution in [1.82, 2.24) is 20.5 Å². The number of nitrogens with zero attached hydrogens (tertiary/aromatic N) is 3. The van der Waals surface area contributed by atoms with Gasteiger partial charge in [0.1, 0.15) is 5.82 Å². The fraction of sp³-hybridized carbons (Fsp3) is 0.435. The third-order valence-corrected chi connectivity index (χ3v) is 5.35. The number of rotatable bonds is 7. The predicted molar refractivity (Wildman–Crippen MR) is 118 cm³/mol. The first-order valence-electron chi connectivity index (χ1n) is 10.6. The molecule has 0 spiro atoms. The Hall–Kier alpha value is -3.00. The van der Waals surface area contributed by atoms with E-state index in [-0.39, 0.29) is 17.8 Å². The van der Waals surface area contributed by atoms with E-state index >= 15 is 0 Å². The molecule has 1 atom stereocenters. The highest BCUT2D eigenvalue weighted by molar-refractivity contribution is 6.35. The molecular formula is C23H30FN5O2. The van der Waals surface area contributed by atoms with Crippen LogP contribution in [0.1, 0.15) is 25.5 Å². The normalized spacial score (nSPS) is 15.5. The van der Waals surface area contributed by atoms with Crippen LogP contribution in [0, 0.1) is 11.7 Å². The molecule has 166 valence electrons. The number of carbonyl (C=O) groups is 2. The SMILES string of the molecule is CC(C)CNC(=O)C(=O)NC[C@H](c1cccnc1)N1CCN(c2ccccc2F)CC1. The van der Waals surface area contributed by atoms with E-state index in [1.165, 1.54) is 6.07 Å².